The van der Waals surface area contributed by atoms with E-state index in [-0.39, 0.29) is 0 Å². The lowest BCUT2D eigenvalue weighted by atomic mass is 9.70. The summed E-state index contributed by atoms with van der Waals surface area (Å²) in [7, 11) is 0. The lowest BCUT2D eigenvalue weighted by Gasteiger charge is -2.32. The Labute approximate surface area is 291 Å². The molecule has 11 rings (SSSR count). The average Bonchev–Trinajstić information content (AvgIpc) is 3.66. The number of hydrogen-bond donors (Lipinski definition) is 0. The highest BCUT2D eigenvalue weighted by Gasteiger charge is 2.51. The fraction of sp³-hybridized carbons (Fsp3) is 0.0204. The predicted molar refractivity (Wildman–Crippen MR) is 210 cm³/mol. The normalized spacial score (nSPS) is 15.3. The van der Waals surface area contributed by atoms with Gasteiger partial charge >= 0.3 is 0 Å². The minimum absolute atomic E-state index is 0.442. The zero-order chi connectivity index (χ0) is 32.8. The number of hydrogen-bond acceptors (Lipinski definition) is 1. The maximum atomic E-state index is 2.48. The summed E-state index contributed by atoms with van der Waals surface area (Å²) in [6, 6.07) is 69.6. The van der Waals surface area contributed by atoms with Crippen LogP contribution in [0.15, 0.2) is 188 Å². The molecule has 0 radical (unpaired) electrons. The third-order valence-electron chi connectivity index (χ3n) is 11.2. The van der Waals surface area contributed by atoms with Gasteiger partial charge in [-0.1, -0.05) is 146 Å². The van der Waals surface area contributed by atoms with E-state index in [2.05, 4.69) is 193 Å². The summed E-state index contributed by atoms with van der Waals surface area (Å²) in [5.41, 5.74) is 13.6. The van der Waals surface area contributed by atoms with E-state index < -0.39 is 5.41 Å². The molecule has 1 heteroatoms. The number of fused-ring (bicyclic) bond motifs is 10. The largest absolute Gasteiger partial charge is 0.310 e. The average molecular weight is 634 g/mol. The summed E-state index contributed by atoms with van der Waals surface area (Å²) < 4.78 is 0. The Kier molecular flexibility index (Phi) is 5.66. The second-order valence-electron chi connectivity index (χ2n) is 13.6. The Balaban J connectivity index is 1.24. The van der Waals surface area contributed by atoms with Crippen molar-refractivity contribution in [2.75, 3.05) is 4.90 Å². The van der Waals surface area contributed by atoms with E-state index in [4.69, 9.17) is 0 Å². The molecule has 0 aromatic heterocycles. The quantitative estimate of drug-likeness (QED) is 0.174. The molecule has 1 spiro atoms. The van der Waals surface area contributed by atoms with Gasteiger partial charge < -0.3 is 4.90 Å². The molecule has 1 unspecified atom stereocenters. The Hall–Kier alpha value is -6.44. The third kappa shape index (κ3) is 3.56. The minimum atomic E-state index is -0.442. The first-order chi connectivity index (χ1) is 24.8. The fourth-order valence-corrected chi connectivity index (χ4v) is 9.26. The van der Waals surface area contributed by atoms with Gasteiger partial charge in [0.05, 0.1) is 5.41 Å². The molecule has 1 nitrogen and oxygen atoms in total. The van der Waals surface area contributed by atoms with Crippen molar-refractivity contribution in [1.82, 2.24) is 0 Å². The van der Waals surface area contributed by atoms with Crippen LogP contribution in [0.4, 0.5) is 17.1 Å². The number of para-hydroxylation sites is 2. The van der Waals surface area contributed by atoms with Crippen molar-refractivity contribution in [2.24, 2.45) is 0 Å². The lowest BCUT2D eigenvalue weighted by Crippen LogP contribution is -2.26. The van der Waals surface area contributed by atoms with Crippen LogP contribution in [0.1, 0.15) is 22.3 Å². The van der Waals surface area contributed by atoms with Crippen molar-refractivity contribution in [3.8, 4) is 22.3 Å². The predicted octanol–water partition coefficient (Wildman–Crippen LogP) is 13.0. The van der Waals surface area contributed by atoms with Crippen LogP contribution in [0.5, 0.6) is 0 Å². The molecular formula is C49H31N. The monoisotopic (exact) mass is 633 g/mol. The highest BCUT2D eigenvalue weighted by atomic mass is 15.1. The van der Waals surface area contributed by atoms with E-state index in [1.54, 1.807) is 0 Å². The molecule has 0 heterocycles. The molecule has 0 fully saturated rings. The molecule has 2 aliphatic carbocycles. The highest BCUT2D eigenvalue weighted by Crippen LogP contribution is 2.63. The first kappa shape index (κ1) is 27.5. The summed E-state index contributed by atoms with van der Waals surface area (Å²) in [6.07, 6.45) is 0. The van der Waals surface area contributed by atoms with E-state index in [0.29, 0.717) is 0 Å². The van der Waals surface area contributed by atoms with E-state index in [1.807, 2.05) is 0 Å². The van der Waals surface area contributed by atoms with Gasteiger partial charge in [0.1, 0.15) is 0 Å². The fourth-order valence-electron chi connectivity index (χ4n) is 9.26. The number of rotatable bonds is 4. The van der Waals surface area contributed by atoms with E-state index >= 15 is 0 Å². The minimum Gasteiger partial charge on any atom is -0.310 e. The molecule has 1 atom stereocenters. The smallest absolute Gasteiger partial charge is 0.0726 e. The number of anilines is 3. The van der Waals surface area contributed by atoms with Crippen molar-refractivity contribution in [2.45, 2.75) is 5.41 Å². The Bertz CT molecular complexity index is 2760. The summed E-state index contributed by atoms with van der Waals surface area (Å²) in [5.74, 6) is 0. The molecule has 0 bridgehead atoms. The number of benzene rings is 9. The first-order valence-electron chi connectivity index (χ1n) is 17.4. The van der Waals surface area contributed by atoms with Gasteiger partial charge in [-0.3, -0.25) is 0 Å². The second kappa shape index (κ2) is 10.3. The Morgan fingerprint density at radius 1 is 0.300 bits per heavy atom. The first-order valence-corrected chi connectivity index (χ1v) is 17.4. The van der Waals surface area contributed by atoms with Crippen LogP contribution < -0.4 is 4.90 Å². The molecule has 0 amide bonds. The van der Waals surface area contributed by atoms with Gasteiger partial charge in [0.15, 0.2) is 0 Å². The number of nitrogens with zero attached hydrogens (tertiary/aromatic N) is 1. The highest BCUT2D eigenvalue weighted by molar-refractivity contribution is 6.30. The summed E-state index contributed by atoms with van der Waals surface area (Å²) in [6.45, 7) is 0. The van der Waals surface area contributed by atoms with E-state index in [1.165, 1.54) is 76.8 Å². The van der Waals surface area contributed by atoms with Gasteiger partial charge in [-0.2, -0.15) is 0 Å². The Morgan fingerprint density at radius 2 is 0.860 bits per heavy atom. The summed E-state index contributed by atoms with van der Waals surface area (Å²) in [5, 5.41) is 8.03. The Morgan fingerprint density at radius 3 is 1.54 bits per heavy atom. The molecule has 0 saturated heterocycles. The van der Waals surface area contributed by atoms with Gasteiger partial charge in [0, 0.05) is 17.1 Å². The molecule has 0 N–H and O–H groups in total. The third-order valence-corrected chi connectivity index (χ3v) is 11.2. The SMILES string of the molecule is c1ccc(-c2ccc3c(c2)c2cccc4c2c2c(cccc32)C42c3ccccc3-c3ccc(N(c4ccccc4)c4ccccc4)cc32)cc1. The second-order valence-corrected chi connectivity index (χ2v) is 13.6. The van der Waals surface area contributed by atoms with Gasteiger partial charge in [-0.25, -0.2) is 0 Å². The zero-order valence-corrected chi connectivity index (χ0v) is 27.3. The maximum Gasteiger partial charge on any atom is 0.0726 e. The summed E-state index contributed by atoms with van der Waals surface area (Å²) >= 11 is 0. The van der Waals surface area contributed by atoms with Gasteiger partial charge in [0.25, 0.3) is 0 Å². The molecule has 9 aromatic carbocycles. The van der Waals surface area contributed by atoms with Crippen LogP contribution in [0.3, 0.4) is 0 Å². The van der Waals surface area contributed by atoms with Gasteiger partial charge in [-0.05, 0) is 119 Å². The topological polar surface area (TPSA) is 3.24 Å². The van der Waals surface area contributed by atoms with Crippen molar-refractivity contribution < 1.29 is 0 Å². The molecule has 0 saturated carbocycles. The zero-order valence-electron chi connectivity index (χ0n) is 27.3. The van der Waals surface area contributed by atoms with Crippen molar-refractivity contribution in [1.29, 1.82) is 0 Å². The van der Waals surface area contributed by atoms with Crippen LogP contribution in [0, 0.1) is 0 Å². The van der Waals surface area contributed by atoms with Gasteiger partial charge in [-0.15, -0.1) is 0 Å². The van der Waals surface area contributed by atoms with Crippen molar-refractivity contribution in [3.05, 3.63) is 210 Å². The molecular weight excluding hydrogens is 603 g/mol. The van der Waals surface area contributed by atoms with Crippen molar-refractivity contribution in [3.63, 3.8) is 0 Å². The van der Waals surface area contributed by atoms with Crippen LogP contribution in [0.2, 0.25) is 0 Å². The maximum absolute atomic E-state index is 2.48. The lowest BCUT2D eigenvalue weighted by molar-refractivity contribution is 0.797. The molecule has 2 aliphatic rings. The standard InChI is InChI=1S/C49H31N/c1-4-14-32(15-5-1)33-26-28-37-40-21-12-24-44-47(40)48-41(42(37)30-33)22-13-25-45(48)49(44)43-23-11-10-20-38(43)39-29-27-36(31-46(39)49)50(34-16-6-2-7-17-34)35-18-8-3-9-19-35/h1-31H. The summed E-state index contributed by atoms with van der Waals surface area (Å²) in [4.78, 5) is 2.39. The van der Waals surface area contributed by atoms with Crippen LogP contribution in [-0.4, -0.2) is 0 Å². The van der Waals surface area contributed by atoms with Gasteiger partial charge in [0.2, 0.25) is 0 Å². The molecule has 9 aromatic rings. The molecule has 232 valence electrons. The molecule has 0 aliphatic heterocycles. The molecule has 50 heavy (non-hydrogen) atoms. The van der Waals surface area contributed by atoms with E-state index in [0.717, 1.165) is 17.1 Å². The van der Waals surface area contributed by atoms with Crippen LogP contribution in [-0.2, 0) is 5.41 Å². The van der Waals surface area contributed by atoms with Crippen molar-refractivity contribution >= 4 is 49.4 Å². The van der Waals surface area contributed by atoms with Crippen LogP contribution in [0.25, 0.3) is 54.6 Å². The van der Waals surface area contributed by atoms with E-state index in [9.17, 15) is 0 Å². The van der Waals surface area contributed by atoms with Crippen LogP contribution >= 0.6 is 0 Å².